The smallest absolute Gasteiger partial charge is 0.263 e. The van der Waals surface area contributed by atoms with E-state index in [1.807, 2.05) is 0 Å². The van der Waals surface area contributed by atoms with E-state index in [1.54, 1.807) is 36.4 Å². The van der Waals surface area contributed by atoms with E-state index in [2.05, 4.69) is 41.1 Å². The lowest BCUT2D eigenvalue weighted by molar-refractivity contribution is -0.128. The normalized spacial score (nSPS) is 15.4. The van der Waals surface area contributed by atoms with Gasteiger partial charge in [0.25, 0.3) is 20.0 Å². The zero-order chi connectivity index (χ0) is 31.3. The Kier molecular flexibility index (Phi) is 8.75. The van der Waals surface area contributed by atoms with Gasteiger partial charge in [-0.25, -0.2) is 16.8 Å². The molecule has 0 bridgehead atoms. The van der Waals surface area contributed by atoms with Gasteiger partial charge in [0.15, 0.2) is 0 Å². The number of amides is 2. The van der Waals surface area contributed by atoms with Gasteiger partial charge in [-0.05, 0) is 72.0 Å². The molecule has 0 saturated heterocycles. The first-order chi connectivity index (χ1) is 21.0. The standard InChI is InChI=1S/C27H23ClN8O6S2/c28-22-12-10-20(35-43(39,40)21-4-2-1-3-5-21)15-25(22)44(41,42)34-18-8-6-17(7-9-18)30-33-27(38)16-26(37)29-19-11-13-23-24(14-19)32-36-31-23/h1-15,23,30,34-35H,16H2,(H,29,37)(H,33,38). The highest BCUT2D eigenvalue weighted by atomic mass is 35.5. The zero-order valence-corrected chi connectivity index (χ0v) is 24.8. The maximum atomic E-state index is 13.1. The molecule has 1 unspecified atom stereocenters. The van der Waals surface area contributed by atoms with Crippen molar-refractivity contribution in [3.63, 3.8) is 0 Å². The molecule has 5 rings (SSSR count). The summed E-state index contributed by atoms with van der Waals surface area (Å²) in [6.45, 7) is 0. The van der Waals surface area contributed by atoms with Gasteiger partial charge in [-0.3, -0.25) is 29.9 Å². The summed E-state index contributed by atoms with van der Waals surface area (Å²) in [5.74, 6) is -1.17. The molecule has 0 aromatic heterocycles. The maximum Gasteiger partial charge on any atom is 0.263 e. The van der Waals surface area contributed by atoms with Crippen molar-refractivity contribution in [3.05, 3.63) is 102 Å². The largest absolute Gasteiger partial charge is 0.326 e. The predicted octanol–water partition coefficient (Wildman–Crippen LogP) is 3.54. The van der Waals surface area contributed by atoms with Crippen LogP contribution in [0.25, 0.3) is 0 Å². The van der Waals surface area contributed by atoms with Crippen LogP contribution >= 0.6 is 11.6 Å². The fourth-order valence-corrected chi connectivity index (χ4v) is 6.59. The molecule has 2 aliphatic rings. The lowest BCUT2D eigenvalue weighted by Crippen LogP contribution is -2.35. The summed E-state index contributed by atoms with van der Waals surface area (Å²) in [5, 5.41) is 13.8. The molecule has 0 radical (unpaired) electrons. The fourth-order valence-electron chi connectivity index (χ4n) is 3.94. The third-order valence-corrected chi connectivity index (χ3v) is 9.28. The van der Waals surface area contributed by atoms with Crippen LogP contribution in [0.3, 0.4) is 0 Å². The molecule has 1 aliphatic carbocycles. The molecule has 0 fully saturated rings. The van der Waals surface area contributed by atoms with Gasteiger partial charge < -0.3 is 5.32 Å². The molecule has 2 amide bonds. The highest BCUT2D eigenvalue weighted by Crippen LogP contribution is 2.28. The van der Waals surface area contributed by atoms with Crippen molar-refractivity contribution < 1.29 is 26.4 Å². The minimum atomic E-state index is -4.23. The topological polar surface area (TPSA) is 200 Å². The number of sulfonamides is 2. The van der Waals surface area contributed by atoms with E-state index in [-0.39, 0.29) is 32.2 Å². The van der Waals surface area contributed by atoms with E-state index >= 15 is 0 Å². The number of nitrogens with one attached hydrogen (secondary N) is 5. The summed E-state index contributed by atoms with van der Waals surface area (Å²) < 4.78 is 56.2. The van der Waals surface area contributed by atoms with Gasteiger partial charge in [-0.2, -0.15) is 5.11 Å². The Balaban J connectivity index is 1.15. The van der Waals surface area contributed by atoms with Crippen molar-refractivity contribution in [3.8, 4) is 0 Å². The highest BCUT2D eigenvalue weighted by Gasteiger charge is 2.22. The molecule has 1 heterocycles. The second kappa shape index (κ2) is 12.7. The number of hydrogen-bond donors (Lipinski definition) is 5. The third kappa shape index (κ3) is 7.47. The van der Waals surface area contributed by atoms with Crippen molar-refractivity contribution >= 4 is 66.2 Å². The van der Waals surface area contributed by atoms with Gasteiger partial charge in [0.1, 0.15) is 17.4 Å². The van der Waals surface area contributed by atoms with Gasteiger partial charge in [-0.15, -0.1) is 5.10 Å². The molecule has 14 nitrogen and oxygen atoms in total. The van der Waals surface area contributed by atoms with Crippen molar-refractivity contribution in [1.29, 1.82) is 0 Å². The molecule has 5 N–H and O–H groups in total. The van der Waals surface area contributed by atoms with Crippen LogP contribution in [0.1, 0.15) is 6.42 Å². The molecular formula is C27H23ClN8O6S2. The van der Waals surface area contributed by atoms with Gasteiger partial charge in [0.05, 0.1) is 27.0 Å². The molecule has 0 spiro atoms. The van der Waals surface area contributed by atoms with Crippen molar-refractivity contribution in [1.82, 2.24) is 10.7 Å². The predicted molar refractivity (Wildman–Crippen MR) is 164 cm³/mol. The number of hydrogen-bond acceptors (Lipinski definition) is 10. The number of benzene rings is 3. The van der Waals surface area contributed by atoms with Crippen LogP contribution in [0.4, 0.5) is 17.1 Å². The van der Waals surface area contributed by atoms with E-state index in [0.717, 1.165) is 6.07 Å². The average molecular weight is 655 g/mol. The van der Waals surface area contributed by atoms with Crippen LogP contribution in [-0.4, -0.2) is 40.4 Å². The molecule has 3 aromatic rings. The monoisotopic (exact) mass is 654 g/mol. The van der Waals surface area contributed by atoms with Crippen molar-refractivity contribution in [2.75, 3.05) is 14.9 Å². The number of carbonyl (C=O) groups excluding carboxylic acids is 2. The maximum absolute atomic E-state index is 13.1. The third-order valence-electron chi connectivity index (χ3n) is 6.02. The molecule has 0 saturated carbocycles. The van der Waals surface area contributed by atoms with E-state index < -0.39 is 38.3 Å². The SMILES string of the molecule is O=C(CC(=O)NC1=CC2=NN=NC2C=C1)NNc1ccc(NS(=O)(=O)c2cc(NS(=O)(=O)c3ccccc3)ccc2Cl)cc1. The van der Waals surface area contributed by atoms with Crippen molar-refractivity contribution in [2.45, 2.75) is 22.3 Å². The summed E-state index contributed by atoms with van der Waals surface area (Å²) in [5.41, 5.74) is 6.63. The first-order valence-electron chi connectivity index (χ1n) is 12.7. The first-order valence-corrected chi connectivity index (χ1v) is 16.1. The van der Waals surface area contributed by atoms with Crippen LogP contribution in [0.15, 0.2) is 122 Å². The Morgan fingerprint density at radius 1 is 0.818 bits per heavy atom. The molecule has 44 heavy (non-hydrogen) atoms. The molecule has 3 aromatic carbocycles. The summed E-state index contributed by atoms with van der Waals surface area (Å²) in [6, 6.07) is 16.9. The number of nitrogens with zero attached hydrogens (tertiary/aromatic N) is 3. The number of halogens is 1. The van der Waals surface area contributed by atoms with Crippen LogP contribution in [-0.2, 0) is 29.6 Å². The second-order valence-corrected chi connectivity index (χ2v) is 13.0. The Hall–Kier alpha value is -5.06. The summed E-state index contributed by atoms with van der Waals surface area (Å²) in [6.07, 6.45) is 4.52. The number of rotatable bonds is 11. The minimum Gasteiger partial charge on any atom is -0.326 e. The Bertz CT molecular complexity index is 1950. The minimum absolute atomic E-state index is 0.00159. The number of carbonyl (C=O) groups is 2. The second-order valence-electron chi connectivity index (χ2n) is 9.28. The molecular weight excluding hydrogens is 632 g/mol. The fraction of sp³-hybridized carbons (Fsp3) is 0.0741. The molecule has 1 atom stereocenters. The lowest BCUT2D eigenvalue weighted by atomic mass is 10.1. The van der Waals surface area contributed by atoms with E-state index in [4.69, 9.17) is 11.6 Å². The summed E-state index contributed by atoms with van der Waals surface area (Å²) >= 11 is 6.15. The summed E-state index contributed by atoms with van der Waals surface area (Å²) in [4.78, 5) is 24.1. The lowest BCUT2D eigenvalue weighted by Gasteiger charge is -2.14. The summed E-state index contributed by atoms with van der Waals surface area (Å²) in [7, 11) is -8.20. The van der Waals surface area contributed by atoms with Crippen LogP contribution in [0.5, 0.6) is 0 Å². The quantitative estimate of drug-likeness (QED) is 0.154. The average Bonchev–Trinajstić information content (AvgIpc) is 3.46. The van der Waals surface area contributed by atoms with Gasteiger partial charge in [-0.1, -0.05) is 35.9 Å². The highest BCUT2D eigenvalue weighted by molar-refractivity contribution is 7.93. The Morgan fingerprint density at radius 2 is 1.50 bits per heavy atom. The van der Waals surface area contributed by atoms with Gasteiger partial charge in [0, 0.05) is 11.4 Å². The number of fused-ring (bicyclic) bond motifs is 1. The van der Waals surface area contributed by atoms with Crippen LogP contribution < -0.4 is 25.6 Å². The van der Waals surface area contributed by atoms with Gasteiger partial charge in [0.2, 0.25) is 11.8 Å². The number of allylic oxidation sites excluding steroid dienone is 1. The number of anilines is 3. The molecule has 1 aliphatic heterocycles. The van der Waals surface area contributed by atoms with Crippen molar-refractivity contribution in [2.24, 2.45) is 15.4 Å². The molecule has 226 valence electrons. The molecule has 17 heteroatoms. The van der Waals surface area contributed by atoms with Gasteiger partial charge >= 0.3 is 0 Å². The van der Waals surface area contributed by atoms with Crippen LogP contribution in [0.2, 0.25) is 5.02 Å². The van der Waals surface area contributed by atoms with E-state index in [1.165, 1.54) is 48.5 Å². The Labute approximate surface area is 257 Å². The zero-order valence-electron chi connectivity index (χ0n) is 22.4. The first kappa shape index (κ1) is 30.4. The number of hydrazine groups is 1. The van der Waals surface area contributed by atoms with Crippen LogP contribution in [0, 0.1) is 0 Å². The Morgan fingerprint density at radius 3 is 2.25 bits per heavy atom. The van der Waals surface area contributed by atoms with E-state index in [9.17, 15) is 26.4 Å². The van der Waals surface area contributed by atoms with E-state index in [0.29, 0.717) is 17.1 Å².